The smallest absolute Gasteiger partial charge is 0.263 e. The standard InChI is InChI=1S/C19H21N5O3S/c1-14(2)27-16-5-7-17(8-6-16)28(25,26)24-19-10-9-18(22-23-19)21-13-15-4-3-11-20-12-15/h3-12,14H,13H2,1-2H3,(H,21,22)(H,23,24). The number of aromatic nitrogens is 3. The Bertz CT molecular complexity index is 992. The summed E-state index contributed by atoms with van der Waals surface area (Å²) in [6.45, 7) is 4.35. The third-order valence-electron chi connectivity index (χ3n) is 3.61. The van der Waals surface area contributed by atoms with Crippen LogP contribution in [0.2, 0.25) is 0 Å². The van der Waals surface area contributed by atoms with E-state index in [1.807, 2.05) is 26.0 Å². The molecule has 0 saturated carbocycles. The van der Waals surface area contributed by atoms with E-state index in [1.54, 1.807) is 36.7 Å². The van der Waals surface area contributed by atoms with E-state index in [4.69, 9.17) is 4.74 Å². The van der Waals surface area contributed by atoms with Crippen LogP contribution in [0.4, 0.5) is 11.6 Å². The highest BCUT2D eigenvalue weighted by Gasteiger charge is 2.15. The molecule has 3 rings (SSSR count). The number of hydrogen-bond donors (Lipinski definition) is 2. The molecule has 146 valence electrons. The maximum atomic E-state index is 12.5. The summed E-state index contributed by atoms with van der Waals surface area (Å²) in [6.07, 6.45) is 3.47. The van der Waals surface area contributed by atoms with E-state index in [0.717, 1.165) is 5.56 Å². The molecule has 2 heterocycles. The Balaban J connectivity index is 1.62. The van der Waals surface area contributed by atoms with Gasteiger partial charge in [0.15, 0.2) is 5.82 Å². The van der Waals surface area contributed by atoms with Gasteiger partial charge in [-0.2, -0.15) is 0 Å². The SMILES string of the molecule is CC(C)Oc1ccc(S(=O)(=O)Nc2ccc(NCc3cccnc3)nn2)cc1. The summed E-state index contributed by atoms with van der Waals surface area (Å²) in [4.78, 5) is 4.15. The van der Waals surface area contributed by atoms with Crippen molar-refractivity contribution in [2.75, 3.05) is 10.0 Å². The number of ether oxygens (including phenoxy) is 1. The van der Waals surface area contributed by atoms with E-state index in [9.17, 15) is 8.42 Å². The molecule has 1 aromatic carbocycles. The summed E-state index contributed by atoms with van der Waals surface area (Å²) in [5.41, 5.74) is 0.999. The molecule has 0 aliphatic carbocycles. The predicted octanol–water partition coefficient (Wildman–Crippen LogP) is 3.07. The third-order valence-corrected chi connectivity index (χ3v) is 4.98. The molecule has 2 N–H and O–H groups in total. The first-order valence-electron chi connectivity index (χ1n) is 8.68. The molecule has 2 aromatic heterocycles. The highest BCUT2D eigenvalue weighted by molar-refractivity contribution is 7.92. The molecule has 28 heavy (non-hydrogen) atoms. The second-order valence-corrected chi connectivity index (χ2v) is 7.94. The van der Waals surface area contributed by atoms with Crippen LogP contribution in [-0.2, 0) is 16.6 Å². The minimum Gasteiger partial charge on any atom is -0.491 e. The molecule has 0 aliphatic rings. The number of nitrogens with zero attached hydrogens (tertiary/aromatic N) is 3. The second kappa shape index (κ2) is 8.66. The fourth-order valence-corrected chi connectivity index (χ4v) is 3.34. The lowest BCUT2D eigenvalue weighted by atomic mass is 10.3. The Morgan fingerprint density at radius 2 is 1.71 bits per heavy atom. The quantitative estimate of drug-likeness (QED) is 0.599. The van der Waals surface area contributed by atoms with Gasteiger partial charge in [-0.1, -0.05) is 6.07 Å². The van der Waals surface area contributed by atoms with E-state index in [2.05, 4.69) is 25.2 Å². The van der Waals surface area contributed by atoms with Gasteiger partial charge in [0.2, 0.25) is 0 Å². The molecule has 0 amide bonds. The van der Waals surface area contributed by atoms with Crippen LogP contribution in [0.1, 0.15) is 19.4 Å². The first-order valence-corrected chi connectivity index (χ1v) is 10.2. The first kappa shape index (κ1) is 19.6. The minimum absolute atomic E-state index is 0.0149. The van der Waals surface area contributed by atoms with Crippen LogP contribution in [0.5, 0.6) is 5.75 Å². The predicted molar refractivity (Wildman–Crippen MR) is 107 cm³/mol. The van der Waals surface area contributed by atoms with E-state index >= 15 is 0 Å². The second-order valence-electron chi connectivity index (χ2n) is 6.26. The molecule has 3 aromatic rings. The molecular formula is C19H21N5O3S. The van der Waals surface area contributed by atoms with Gasteiger partial charge in [0.25, 0.3) is 10.0 Å². The fraction of sp³-hybridized carbons (Fsp3) is 0.211. The highest BCUT2D eigenvalue weighted by Crippen LogP contribution is 2.19. The summed E-state index contributed by atoms with van der Waals surface area (Å²) in [7, 11) is -3.76. The maximum Gasteiger partial charge on any atom is 0.263 e. The Morgan fingerprint density at radius 1 is 1.00 bits per heavy atom. The fourth-order valence-electron chi connectivity index (χ4n) is 2.34. The van der Waals surface area contributed by atoms with Crippen molar-refractivity contribution < 1.29 is 13.2 Å². The number of nitrogens with one attached hydrogen (secondary N) is 2. The van der Waals surface area contributed by atoms with Gasteiger partial charge < -0.3 is 10.1 Å². The van der Waals surface area contributed by atoms with Gasteiger partial charge >= 0.3 is 0 Å². The van der Waals surface area contributed by atoms with Crippen LogP contribution in [0.3, 0.4) is 0 Å². The Morgan fingerprint density at radius 3 is 2.32 bits per heavy atom. The summed E-state index contributed by atoms with van der Waals surface area (Å²) in [5.74, 6) is 1.27. The zero-order valence-electron chi connectivity index (χ0n) is 15.5. The summed E-state index contributed by atoms with van der Waals surface area (Å²) in [6, 6.07) is 13.2. The molecule has 0 spiro atoms. The summed E-state index contributed by atoms with van der Waals surface area (Å²) < 4.78 is 32.9. The van der Waals surface area contributed by atoms with Crippen molar-refractivity contribution in [2.24, 2.45) is 0 Å². The number of pyridine rings is 1. The maximum absolute atomic E-state index is 12.5. The molecule has 8 nitrogen and oxygen atoms in total. The number of sulfonamides is 1. The third kappa shape index (κ3) is 5.40. The van der Waals surface area contributed by atoms with Gasteiger partial charge in [-0.05, 0) is 61.9 Å². The van der Waals surface area contributed by atoms with Crippen LogP contribution in [-0.4, -0.2) is 29.7 Å². The van der Waals surface area contributed by atoms with Crippen molar-refractivity contribution in [3.63, 3.8) is 0 Å². The van der Waals surface area contributed by atoms with E-state index in [-0.39, 0.29) is 16.8 Å². The molecule has 9 heteroatoms. The van der Waals surface area contributed by atoms with Crippen LogP contribution in [0.25, 0.3) is 0 Å². The first-order chi connectivity index (χ1) is 13.4. The molecule has 0 aliphatic heterocycles. The van der Waals surface area contributed by atoms with Gasteiger partial charge in [0.1, 0.15) is 11.6 Å². The van der Waals surface area contributed by atoms with Crippen molar-refractivity contribution in [2.45, 2.75) is 31.4 Å². The average molecular weight is 399 g/mol. The average Bonchev–Trinajstić information content (AvgIpc) is 2.68. The van der Waals surface area contributed by atoms with Gasteiger partial charge in [-0.25, -0.2) is 8.42 Å². The molecule has 0 unspecified atom stereocenters. The van der Waals surface area contributed by atoms with Gasteiger partial charge in [-0.15, -0.1) is 10.2 Å². The largest absolute Gasteiger partial charge is 0.491 e. The number of rotatable bonds is 8. The van der Waals surface area contributed by atoms with Crippen molar-refractivity contribution in [3.05, 3.63) is 66.5 Å². The van der Waals surface area contributed by atoms with Crippen molar-refractivity contribution >= 4 is 21.7 Å². The zero-order chi connectivity index (χ0) is 20.0. The molecule has 0 radical (unpaired) electrons. The normalized spacial score (nSPS) is 11.2. The highest BCUT2D eigenvalue weighted by atomic mass is 32.2. The van der Waals surface area contributed by atoms with Gasteiger partial charge in [0.05, 0.1) is 11.0 Å². The topological polar surface area (TPSA) is 106 Å². The van der Waals surface area contributed by atoms with Crippen molar-refractivity contribution in [3.8, 4) is 5.75 Å². The number of hydrogen-bond acceptors (Lipinski definition) is 7. The Kier molecular flexibility index (Phi) is 6.05. The van der Waals surface area contributed by atoms with Crippen LogP contribution in [0, 0.1) is 0 Å². The summed E-state index contributed by atoms with van der Waals surface area (Å²) >= 11 is 0. The monoisotopic (exact) mass is 399 g/mol. The zero-order valence-corrected chi connectivity index (χ0v) is 16.3. The molecule has 0 saturated heterocycles. The number of benzene rings is 1. The molecule has 0 fully saturated rings. The van der Waals surface area contributed by atoms with Gasteiger partial charge in [0, 0.05) is 18.9 Å². The van der Waals surface area contributed by atoms with Crippen LogP contribution < -0.4 is 14.8 Å². The minimum atomic E-state index is -3.76. The molecular weight excluding hydrogens is 378 g/mol. The Labute approximate surface area is 164 Å². The summed E-state index contributed by atoms with van der Waals surface area (Å²) in [5, 5.41) is 11.0. The molecule has 0 atom stereocenters. The lowest BCUT2D eigenvalue weighted by molar-refractivity contribution is 0.242. The van der Waals surface area contributed by atoms with Crippen molar-refractivity contribution in [1.29, 1.82) is 0 Å². The van der Waals surface area contributed by atoms with Crippen molar-refractivity contribution in [1.82, 2.24) is 15.2 Å². The van der Waals surface area contributed by atoms with E-state index in [0.29, 0.717) is 18.1 Å². The van der Waals surface area contributed by atoms with Crippen LogP contribution in [0.15, 0.2) is 65.8 Å². The lowest BCUT2D eigenvalue weighted by Crippen LogP contribution is -2.14. The van der Waals surface area contributed by atoms with E-state index in [1.165, 1.54) is 12.1 Å². The number of anilines is 2. The van der Waals surface area contributed by atoms with Gasteiger partial charge in [-0.3, -0.25) is 9.71 Å². The van der Waals surface area contributed by atoms with E-state index < -0.39 is 10.0 Å². The molecule has 0 bridgehead atoms. The van der Waals surface area contributed by atoms with Crippen LogP contribution >= 0.6 is 0 Å². The lowest BCUT2D eigenvalue weighted by Gasteiger charge is -2.11. The Hall–Kier alpha value is -3.20.